The van der Waals surface area contributed by atoms with Gasteiger partial charge in [-0.05, 0) is 30.7 Å². The van der Waals surface area contributed by atoms with E-state index in [0.717, 1.165) is 16.0 Å². The molecule has 0 aliphatic carbocycles. The van der Waals surface area contributed by atoms with E-state index < -0.39 is 0 Å². The summed E-state index contributed by atoms with van der Waals surface area (Å²) in [6.45, 7) is 6.08. The van der Waals surface area contributed by atoms with Crippen molar-refractivity contribution in [2.75, 3.05) is 0 Å². The van der Waals surface area contributed by atoms with Gasteiger partial charge in [0.25, 0.3) is 5.56 Å². The molecule has 2 aromatic heterocycles. The van der Waals surface area contributed by atoms with E-state index in [-0.39, 0.29) is 11.2 Å². The minimum atomic E-state index is -0.349. The number of nitrogens with zero attached hydrogens (tertiary/aromatic N) is 2. The fraction of sp³-hybridized carbons (Fsp3) is 0.0909. The monoisotopic (exact) mass is 374 g/mol. The van der Waals surface area contributed by atoms with Crippen molar-refractivity contribution in [3.05, 3.63) is 99.7 Å². The summed E-state index contributed by atoms with van der Waals surface area (Å²) in [6, 6.07) is 19.1. The predicted molar refractivity (Wildman–Crippen MR) is 112 cm³/mol. The Morgan fingerprint density at radius 2 is 1.74 bits per heavy atom. The number of thiophene rings is 1. The van der Waals surface area contributed by atoms with Crippen LogP contribution in [0.3, 0.4) is 0 Å². The second-order valence-electron chi connectivity index (χ2n) is 6.35. The molecule has 0 aliphatic heterocycles. The van der Waals surface area contributed by atoms with Gasteiger partial charge in [-0.2, -0.15) is 0 Å². The van der Waals surface area contributed by atoms with Gasteiger partial charge in [-0.25, -0.2) is 9.36 Å². The van der Waals surface area contributed by atoms with Gasteiger partial charge in [-0.15, -0.1) is 17.9 Å². The van der Waals surface area contributed by atoms with Crippen molar-refractivity contribution in [3.63, 3.8) is 0 Å². The Morgan fingerprint density at radius 1 is 1.04 bits per heavy atom. The summed E-state index contributed by atoms with van der Waals surface area (Å²) in [6.07, 6.45) is 1.67. The zero-order chi connectivity index (χ0) is 19.0. The quantitative estimate of drug-likeness (QED) is 0.498. The number of hydrogen-bond acceptors (Lipinski definition) is 3. The van der Waals surface area contributed by atoms with Gasteiger partial charge >= 0.3 is 5.69 Å². The summed E-state index contributed by atoms with van der Waals surface area (Å²) in [5.41, 5.74) is 2.02. The van der Waals surface area contributed by atoms with Gasteiger partial charge < -0.3 is 0 Å². The Labute approximate surface area is 160 Å². The highest BCUT2D eigenvalue weighted by Gasteiger charge is 2.17. The Kier molecular flexibility index (Phi) is 4.38. The van der Waals surface area contributed by atoms with E-state index in [9.17, 15) is 9.59 Å². The highest BCUT2D eigenvalue weighted by Crippen LogP contribution is 2.31. The fourth-order valence-electron chi connectivity index (χ4n) is 3.11. The number of rotatable bonds is 4. The Hall–Kier alpha value is -3.18. The van der Waals surface area contributed by atoms with Gasteiger partial charge in [0, 0.05) is 11.4 Å². The molecule has 27 heavy (non-hydrogen) atoms. The van der Waals surface area contributed by atoms with Crippen LogP contribution in [0.1, 0.15) is 5.56 Å². The molecule has 0 radical (unpaired) electrons. The molecule has 134 valence electrons. The van der Waals surface area contributed by atoms with E-state index >= 15 is 0 Å². The second-order valence-corrected chi connectivity index (χ2v) is 7.38. The molecule has 0 aliphatic rings. The summed E-state index contributed by atoms with van der Waals surface area (Å²) < 4.78 is 2.85. The third-order valence-corrected chi connectivity index (χ3v) is 5.68. The van der Waals surface area contributed by atoms with Crippen LogP contribution in [-0.2, 0) is 6.54 Å². The van der Waals surface area contributed by atoms with Gasteiger partial charge in [-0.1, -0.05) is 54.1 Å². The van der Waals surface area contributed by atoms with Gasteiger partial charge in [-0.3, -0.25) is 9.36 Å². The predicted octanol–water partition coefficient (Wildman–Crippen LogP) is 4.38. The molecule has 0 saturated carbocycles. The number of hydrogen-bond donors (Lipinski definition) is 0. The van der Waals surface area contributed by atoms with Crippen molar-refractivity contribution in [3.8, 4) is 16.1 Å². The Morgan fingerprint density at radius 3 is 2.41 bits per heavy atom. The smallest absolute Gasteiger partial charge is 0.280 e. The van der Waals surface area contributed by atoms with Crippen molar-refractivity contribution in [2.24, 2.45) is 0 Å². The molecule has 4 nitrogen and oxygen atoms in total. The van der Waals surface area contributed by atoms with Gasteiger partial charge in [0.15, 0.2) is 0 Å². The maximum absolute atomic E-state index is 13.2. The van der Waals surface area contributed by atoms with Gasteiger partial charge in [0.1, 0.15) is 4.83 Å². The third-order valence-electron chi connectivity index (χ3n) is 4.48. The summed E-state index contributed by atoms with van der Waals surface area (Å²) >= 11 is 1.45. The largest absolute Gasteiger partial charge is 0.337 e. The molecule has 0 spiro atoms. The molecule has 2 aromatic carbocycles. The van der Waals surface area contributed by atoms with Crippen LogP contribution in [0.4, 0.5) is 0 Å². The average Bonchev–Trinajstić information content (AvgIpc) is 3.13. The lowest BCUT2D eigenvalue weighted by molar-refractivity contribution is 0.732. The SMILES string of the molecule is C=CCn1c(=O)n(-c2ccc(C)cc2)c(=O)c2cc(-c3ccccc3)sc21. The van der Waals surface area contributed by atoms with Crippen LogP contribution in [0, 0.1) is 6.92 Å². The van der Waals surface area contributed by atoms with E-state index in [0.29, 0.717) is 22.4 Å². The summed E-state index contributed by atoms with van der Waals surface area (Å²) in [5.74, 6) is 0. The van der Waals surface area contributed by atoms with Crippen molar-refractivity contribution < 1.29 is 0 Å². The van der Waals surface area contributed by atoms with E-state index in [1.807, 2.05) is 55.5 Å². The standard InChI is InChI=1S/C22H18N2O2S/c1-3-13-23-21-18(14-19(27-21)16-7-5-4-6-8-16)20(25)24(22(23)26)17-11-9-15(2)10-12-17/h3-12,14H,1,13H2,2H3. The van der Waals surface area contributed by atoms with Gasteiger partial charge in [0.2, 0.25) is 0 Å². The number of benzene rings is 2. The number of aromatic nitrogens is 2. The summed E-state index contributed by atoms with van der Waals surface area (Å²) in [4.78, 5) is 27.9. The van der Waals surface area contributed by atoms with E-state index in [2.05, 4.69) is 6.58 Å². The first-order valence-electron chi connectivity index (χ1n) is 8.63. The lowest BCUT2D eigenvalue weighted by Crippen LogP contribution is -2.38. The van der Waals surface area contributed by atoms with Crippen LogP contribution in [0.25, 0.3) is 26.3 Å². The van der Waals surface area contributed by atoms with Crippen LogP contribution in [0.5, 0.6) is 0 Å². The van der Waals surface area contributed by atoms with Crippen molar-refractivity contribution >= 4 is 21.6 Å². The molecule has 5 heteroatoms. The van der Waals surface area contributed by atoms with Crippen molar-refractivity contribution in [1.82, 2.24) is 9.13 Å². The van der Waals surface area contributed by atoms with Gasteiger partial charge in [0.05, 0.1) is 11.1 Å². The first-order chi connectivity index (χ1) is 13.1. The number of fused-ring (bicyclic) bond motifs is 1. The van der Waals surface area contributed by atoms with Crippen LogP contribution >= 0.6 is 11.3 Å². The molecule has 0 atom stereocenters. The highest BCUT2D eigenvalue weighted by atomic mass is 32.1. The Balaban J connectivity index is 2.06. The Bertz CT molecular complexity index is 1250. The zero-order valence-electron chi connectivity index (χ0n) is 14.9. The molecule has 4 rings (SSSR count). The average molecular weight is 374 g/mol. The molecule has 0 amide bonds. The normalized spacial score (nSPS) is 11.0. The van der Waals surface area contributed by atoms with E-state index in [1.165, 1.54) is 15.9 Å². The topological polar surface area (TPSA) is 44.0 Å². The molecule has 0 unspecified atom stereocenters. The molecule has 0 N–H and O–H groups in total. The van der Waals surface area contributed by atoms with Crippen molar-refractivity contribution in [2.45, 2.75) is 13.5 Å². The third kappa shape index (κ3) is 2.96. The van der Waals surface area contributed by atoms with Crippen LogP contribution in [0.15, 0.2) is 82.9 Å². The molecular formula is C22H18N2O2S. The minimum Gasteiger partial charge on any atom is -0.280 e. The minimum absolute atomic E-state index is 0.294. The lowest BCUT2D eigenvalue weighted by Gasteiger charge is -2.10. The van der Waals surface area contributed by atoms with E-state index in [1.54, 1.807) is 22.8 Å². The fourth-order valence-corrected chi connectivity index (χ4v) is 4.26. The van der Waals surface area contributed by atoms with Crippen molar-refractivity contribution in [1.29, 1.82) is 0 Å². The van der Waals surface area contributed by atoms with Crippen LogP contribution in [-0.4, -0.2) is 9.13 Å². The maximum atomic E-state index is 13.2. The number of aryl methyl sites for hydroxylation is 1. The molecule has 0 saturated heterocycles. The first kappa shape index (κ1) is 17.2. The summed E-state index contributed by atoms with van der Waals surface area (Å²) in [7, 11) is 0. The van der Waals surface area contributed by atoms with Crippen LogP contribution < -0.4 is 11.2 Å². The molecule has 2 heterocycles. The molecule has 0 bridgehead atoms. The van der Waals surface area contributed by atoms with Crippen LogP contribution in [0.2, 0.25) is 0 Å². The summed E-state index contributed by atoms with van der Waals surface area (Å²) in [5, 5.41) is 0.542. The molecular weight excluding hydrogens is 356 g/mol. The van der Waals surface area contributed by atoms with E-state index in [4.69, 9.17) is 0 Å². The number of allylic oxidation sites excluding steroid dienone is 1. The second kappa shape index (κ2) is 6.85. The zero-order valence-corrected chi connectivity index (χ0v) is 15.7. The lowest BCUT2D eigenvalue weighted by atomic mass is 10.2. The molecule has 0 fully saturated rings. The maximum Gasteiger partial charge on any atom is 0.337 e. The molecule has 4 aromatic rings. The first-order valence-corrected chi connectivity index (χ1v) is 9.44. The highest BCUT2D eigenvalue weighted by molar-refractivity contribution is 7.21.